The van der Waals surface area contributed by atoms with E-state index in [1.807, 2.05) is 0 Å². The molecule has 176 valence electrons. The minimum Gasteiger partial charge on any atom is -0.493 e. The molecule has 0 aliphatic carbocycles. The molecule has 33 heavy (non-hydrogen) atoms. The highest BCUT2D eigenvalue weighted by molar-refractivity contribution is 8.18. The average Bonchev–Trinajstić information content (AvgIpc) is 3.10. The normalized spacial score (nSPS) is 15.6. The molecule has 13 heteroatoms. The Balaban J connectivity index is 1.83. The lowest BCUT2D eigenvalue weighted by atomic mass is 10.0. The van der Waals surface area contributed by atoms with E-state index < -0.39 is 41.6 Å². The molecule has 6 nitrogen and oxygen atoms in total. The van der Waals surface area contributed by atoms with Gasteiger partial charge in [-0.2, -0.15) is 31.3 Å². The maximum Gasteiger partial charge on any atom is 0.416 e. The van der Waals surface area contributed by atoms with E-state index in [9.17, 15) is 31.1 Å². The highest BCUT2D eigenvalue weighted by atomic mass is 32.2. The topological polar surface area (TPSA) is 80.1 Å². The zero-order chi connectivity index (χ0) is 24.4. The van der Waals surface area contributed by atoms with Gasteiger partial charge < -0.3 is 9.47 Å². The van der Waals surface area contributed by atoms with E-state index in [4.69, 9.17) is 14.7 Å². The number of alkyl halides is 6. The fraction of sp³-hybridized carbons (Fsp3) is 0.200. The molecule has 1 heterocycles. The first-order valence-electron chi connectivity index (χ1n) is 8.93. The Kier molecular flexibility index (Phi) is 6.93. The molecule has 0 radical (unpaired) electrons. The molecule has 0 unspecified atom stereocenters. The molecule has 1 amide bonds. The maximum atomic E-state index is 13.3. The van der Waals surface area contributed by atoms with Gasteiger partial charge in [-0.25, -0.2) is 5.48 Å². The minimum atomic E-state index is -5.02. The minimum absolute atomic E-state index is 0.00446. The van der Waals surface area contributed by atoms with Crippen molar-refractivity contribution in [3.8, 4) is 11.5 Å². The molecule has 0 saturated carbocycles. The number of hydroxylamine groups is 1. The maximum absolute atomic E-state index is 13.3. The number of amides is 1. The monoisotopic (exact) mass is 492 g/mol. The van der Waals surface area contributed by atoms with Gasteiger partial charge in [-0.1, -0.05) is 12.1 Å². The molecule has 0 fully saturated rings. The van der Waals surface area contributed by atoms with Crippen molar-refractivity contribution in [3.63, 3.8) is 0 Å². The van der Waals surface area contributed by atoms with Crippen LogP contribution in [0.3, 0.4) is 0 Å². The Morgan fingerprint density at radius 2 is 1.79 bits per heavy atom. The summed E-state index contributed by atoms with van der Waals surface area (Å²) < 4.78 is 88.9. The first kappa shape index (κ1) is 24.5. The van der Waals surface area contributed by atoms with Crippen LogP contribution in [0.1, 0.15) is 22.3 Å². The lowest BCUT2D eigenvalue weighted by molar-refractivity contribution is -0.143. The van der Waals surface area contributed by atoms with Gasteiger partial charge in [0.2, 0.25) is 0 Å². The van der Waals surface area contributed by atoms with E-state index in [1.165, 1.54) is 31.4 Å². The number of halogens is 6. The van der Waals surface area contributed by atoms with Gasteiger partial charge in [-0.15, -0.1) is 0 Å². The number of amidine groups is 1. The number of methoxy groups -OCH3 is 1. The Morgan fingerprint density at radius 3 is 2.36 bits per heavy atom. The largest absolute Gasteiger partial charge is 0.493 e. The number of carbonyl (C=O) groups excluding carboxylic acids is 1. The summed E-state index contributed by atoms with van der Waals surface area (Å²) in [7, 11) is 1.28. The fourth-order valence-corrected chi connectivity index (χ4v) is 3.51. The zero-order valence-corrected chi connectivity index (χ0v) is 17.4. The molecule has 0 bridgehead atoms. The van der Waals surface area contributed by atoms with Crippen molar-refractivity contribution in [3.05, 3.63) is 63.6 Å². The number of carbonyl (C=O) groups is 1. The quantitative estimate of drug-likeness (QED) is 0.337. The highest BCUT2D eigenvalue weighted by Gasteiger charge is 2.38. The van der Waals surface area contributed by atoms with Crippen molar-refractivity contribution in [2.75, 3.05) is 7.11 Å². The molecule has 2 aromatic rings. The summed E-state index contributed by atoms with van der Waals surface area (Å²) in [6, 6.07) is 5.61. The van der Waals surface area contributed by atoms with Crippen molar-refractivity contribution >= 4 is 28.9 Å². The number of ether oxygens (including phenoxy) is 2. The molecule has 0 spiro atoms. The van der Waals surface area contributed by atoms with Crippen LogP contribution in [0.4, 0.5) is 26.3 Å². The molecule has 2 N–H and O–H groups in total. The second-order valence-corrected chi connectivity index (χ2v) is 7.54. The Hall–Kier alpha value is -3.19. The summed E-state index contributed by atoms with van der Waals surface area (Å²) in [6.45, 7) is -0.669. The lowest BCUT2D eigenvalue weighted by Crippen LogP contribution is -2.14. The molecular weight excluding hydrogens is 478 g/mol. The van der Waals surface area contributed by atoms with E-state index in [-0.39, 0.29) is 27.6 Å². The predicted molar refractivity (Wildman–Crippen MR) is 107 cm³/mol. The zero-order valence-electron chi connectivity index (χ0n) is 16.5. The molecule has 1 aliphatic rings. The second-order valence-electron chi connectivity index (χ2n) is 6.51. The van der Waals surface area contributed by atoms with Crippen molar-refractivity contribution < 1.29 is 45.8 Å². The van der Waals surface area contributed by atoms with E-state index in [1.54, 1.807) is 5.48 Å². The summed E-state index contributed by atoms with van der Waals surface area (Å²) in [5.41, 5.74) is -1.13. The number of nitrogens with zero attached hydrogens (tertiary/aromatic N) is 1. The van der Waals surface area contributed by atoms with Crippen molar-refractivity contribution in [2.24, 2.45) is 4.99 Å². The fourth-order valence-electron chi connectivity index (χ4n) is 2.80. The van der Waals surface area contributed by atoms with Crippen LogP contribution in [0.25, 0.3) is 6.08 Å². The van der Waals surface area contributed by atoms with E-state index in [0.29, 0.717) is 17.7 Å². The van der Waals surface area contributed by atoms with Crippen LogP contribution in [-0.4, -0.2) is 23.4 Å². The van der Waals surface area contributed by atoms with E-state index in [0.717, 1.165) is 11.8 Å². The predicted octanol–water partition coefficient (Wildman–Crippen LogP) is 5.26. The summed E-state index contributed by atoms with van der Waals surface area (Å²) in [4.78, 5) is 15.5. The highest BCUT2D eigenvalue weighted by Crippen LogP contribution is 2.38. The van der Waals surface area contributed by atoms with Crippen LogP contribution < -0.4 is 15.0 Å². The van der Waals surface area contributed by atoms with Gasteiger partial charge in [-0.05, 0) is 47.7 Å². The van der Waals surface area contributed by atoms with Gasteiger partial charge in [0.1, 0.15) is 6.61 Å². The van der Waals surface area contributed by atoms with Crippen LogP contribution in [0.2, 0.25) is 0 Å². The van der Waals surface area contributed by atoms with Crippen LogP contribution in [0.5, 0.6) is 11.5 Å². The number of nitrogens with one attached hydrogen (secondary N) is 1. The summed E-state index contributed by atoms with van der Waals surface area (Å²) in [6.07, 6.45) is -8.49. The van der Waals surface area contributed by atoms with Crippen LogP contribution >= 0.6 is 11.8 Å². The van der Waals surface area contributed by atoms with Crippen LogP contribution in [-0.2, 0) is 23.8 Å². The Bertz CT molecular complexity index is 1130. The van der Waals surface area contributed by atoms with Crippen molar-refractivity contribution in [2.45, 2.75) is 19.0 Å². The third-order valence-corrected chi connectivity index (χ3v) is 5.22. The SMILES string of the molecule is COc1cc(C=C2SC(NO)=NC2=O)ccc1OCc1ccc(C(F)(F)F)cc1C(F)(F)F. The van der Waals surface area contributed by atoms with Gasteiger partial charge in [0.25, 0.3) is 5.91 Å². The van der Waals surface area contributed by atoms with Crippen molar-refractivity contribution in [1.82, 2.24) is 5.48 Å². The van der Waals surface area contributed by atoms with Gasteiger partial charge >= 0.3 is 12.4 Å². The lowest BCUT2D eigenvalue weighted by Gasteiger charge is -2.17. The molecule has 0 aromatic heterocycles. The second kappa shape index (κ2) is 9.35. The number of benzene rings is 2. The number of hydrogen-bond donors (Lipinski definition) is 2. The van der Waals surface area contributed by atoms with E-state index in [2.05, 4.69) is 4.99 Å². The first-order chi connectivity index (χ1) is 15.4. The Morgan fingerprint density at radius 1 is 1.06 bits per heavy atom. The number of thioether (sulfide) groups is 1. The van der Waals surface area contributed by atoms with Gasteiger partial charge in [0.05, 0.1) is 23.1 Å². The van der Waals surface area contributed by atoms with Gasteiger partial charge in [0, 0.05) is 5.56 Å². The van der Waals surface area contributed by atoms with Gasteiger partial charge in [-0.3, -0.25) is 10.0 Å². The first-order valence-corrected chi connectivity index (χ1v) is 9.75. The Labute approximate surface area is 186 Å². The molecule has 0 saturated heterocycles. The molecule has 1 aliphatic heterocycles. The average molecular weight is 492 g/mol. The third kappa shape index (κ3) is 5.79. The van der Waals surface area contributed by atoms with E-state index >= 15 is 0 Å². The number of aliphatic imine (C=N–C) groups is 1. The molecule has 3 rings (SSSR count). The standard InChI is InChI=1S/C20H14F6N2O4S/c1-31-15-6-10(7-16-17(29)27-18(28-30)33-16)2-5-14(15)32-9-11-3-4-12(19(21,22)23)8-13(11)20(24,25)26/h2-8,30H,9H2,1H3,(H,27,28,29). The third-order valence-electron chi connectivity index (χ3n) is 4.33. The van der Waals surface area contributed by atoms with Crippen LogP contribution in [0.15, 0.2) is 46.3 Å². The number of hydrogen-bond acceptors (Lipinski definition) is 6. The summed E-state index contributed by atoms with van der Waals surface area (Å²) >= 11 is 0.887. The number of rotatable bonds is 5. The van der Waals surface area contributed by atoms with Gasteiger partial charge in [0.15, 0.2) is 16.7 Å². The molecule has 0 atom stereocenters. The molecular formula is C20H14F6N2O4S. The van der Waals surface area contributed by atoms with Crippen molar-refractivity contribution in [1.29, 1.82) is 0 Å². The van der Waals surface area contributed by atoms with Crippen LogP contribution in [0, 0.1) is 0 Å². The summed E-state index contributed by atoms with van der Waals surface area (Å²) in [5.74, 6) is -0.438. The molecule has 2 aromatic carbocycles. The summed E-state index contributed by atoms with van der Waals surface area (Å²) in [5, 5.41) is 8.82. The smallest absolute Gasteiger partial charge is 0.416 e.